The van der Waals surface area contributed by atoms with E-state index in [0.29, 0.717) is 6.54 Å². The molecule has 0 saturated carbocycles. The van der Waals surface area contributed by atoms with Gasteiger partial charge in [-0.1, -0.05) is 30.3 Å². The van der Waals surface area contributed by atoms with Crippen molar-refractivity contribution in [3.05, 3.63) is 35.9 Å². The first-order valence-electron chi connectivity index (χ1n) is 5.77. The van der Waals surface area contributed by atoms with Crippen LogP contribution in [0.3, 0.4) is 0 Å². The molecule has 3 N–H and O–H groups in total. The van der Waals surface area contributed by atoms with Gasteiger partial charge in [-0.25, -0.2) is 0 Å². The lowest BCUT2D eigenvalue weighted by molar-refractivity contribution is -0.139. The van der Waals surface area contributed by atoms with E-state index in [9.17, 15) is 9.59 Å². The fourth-order valence-corrected chi connectivity index (χ4v) is 1.54. The summed E-state index contributed by atoms with van der Waals surface area (Å²) in [5.41, 5.74) is 6.39. The van der Waals surface area contributed by atoms with Crippen molar-refractivity contribution >= 4 is 24.3 Å². The van der Waals surface area contributed by atoms with Crippen LogP contribution in [0.4, 0.5) is 0 Å². The van der Waals surface area contributed by atoms with E-state index in [2.05, 4.69) is 0 Å². The zero-order valence-electron chi connectivity index (χ0n) is 10.8. The number of carbonyl (C=O) groups excluding carboxylic acids is 1. The summed E-state index contributed by atoms with van der Waals surface area (Å²) in [4.78, 5) is 23.8. The molecule has 1 amide bonds. The predicted octanol–water partition coefficient (Wildman–Crippen LogP) is 1.26. The second-order valence-electron chi connectivity index (χ2n) is 4.22. The summed E-state index contributed by atoms with van der Waals surface area (Å²) in [5.74, 6) is -1.18. The summed E-state index contributed by atoms with van der Waals surface area (Å²) in [6.45, 7) is 0.516. The zero-order valence-corrected chi connectivity index (χ0v) is 11.6. The molecular formula is C13H19ClN2O3. The van der Waals surface area contributed by atoms with Crippen LogP contribution in [0.5, 0.6) is 0 Å². The van der Waals surface area contributed by atoms with Crippen molar-refractivity contribution in [3.8, 4) is 0 Å². The van der Waals surface area contributed by atoms with E-state index < -0.39 is 12.0 Å². The molecule has 19 heavy (non-hydrogen) atoms. The van der Waals surface area contributed by atoms with E-state index in [1.54, 1.807) is 11.9 Å². The fraction of sp³-hybridized carbons (Fsp3) is 0.385. The molecule has 0 bridgehead atoms. The molecule has 0 heterocycles. The Balaban J connectivity index is 0.00000324. The van der Waals surface area contributed by atoms with E-state index in [0.717, 1.165) is 5.56 Å². The SMILES string of the molecule is CN(Cc1ccccc1)C(=O)CC[C@H](N)C(=O)O.Cl. The van der Waals surface area contributed by atoms with Gasteiger partial charge < -0.3 is 15.7 Å². The van der Waals surface area contributed by atoms with Crippen molar-refractivity contribution in [2.24, 2.45) is 5.73 Å². The molecule has 1 rings (SSSR count). The lowest BCUT2D eigenvalue weighted by Crippen LogP contribution is -2.33. The van der Waals surface area contributed by atoms with Gasteiger partial charge >= 0.3 is 5.97 Å². The monoisotopic (exact) mass is 286 g/mol. The number of aliphatic carboxylic acids is 1. The van der Waals surface area contributed by atoms with Crippen molar-refractivity contribution in [2.75, 3.05) is 7.05 Å². The molecule has 106 valence electrons. The number of halogens is 1. The van der Waals surface area contributed by atoms with E-state index in [1.165, 1.54) is 0 Å². The van der Waals surface area contributed by atoms with E-state index in [4.69, 9.17) is 10.8 Å². The third kappa shape index (κ3) is 6.22. The summed E-state index contributed by atoms with van der Waals surface area (Å²) in [5, 5.41) is 8.62. The molecule has 0 saturated heterocycles. The maximum Gasteiger partial charge on any atom is 0.320 e. The number of rotatable bonds is 6. The smallest absolute Gasteiger partial charge is 0.320 e. The summed E-state index contributed by atoms with van der Waals surface area (Å²) in [6, 6.07) is 8.64. The Kier molecular flexibility index (Phi) is 7.79. The molecule has 0 aromatic heterocycles. The van der Waals surface area contributed by atoms with Crippen molar-refractivity contribution in [1.29, 1.82) is 0 Å². The normalized spacial score (nSPS) is 11.3. The van der Waals surface area contributed by atoms with E-state index >= 15 is 0 Å². The van der Waals surface area contributed by atoms with Gasteiger partial charge in [-0.2, -0.15) is 0 Å². The number of amides is 1. The number of hydrogen-bond acceptors (Lipinski definition) is 3. The molecule has 0 radical (unpaired) electrons. The molecule has 0 spiro atoms. The van der Waals surface area contributed by atoms with Crippen LogP contribution in [0.15, 0.2) is 30.3 Å². The number of carboxylic acid groups (broad SMARTS) is 1. The van der Waals surface area contributed by atoms with Crippen molar-refractivity contribution in [2.45, 2.75) is 25.4 Å². The topological polar surface area (TPSA) is 83.6 Å². The average Bonchev–Trinajstić information content (AvgIpc) is 2.36. The van der Waals surface area contributed by atoms with Gasteiger partial charge in [0.2, 0.25) is 5.91 Å². The predicted molar refractivity (Wildman–Crippen MR) is 75.0 cm³/mol. The number of hydrogen-bond donors (Lipinski definition) is 2. The summed E-state index contributed by atoms with van der Waals surface area (Å²) < 4.78 is 0. The summed E-state index contributed by atoms with van der Waals surface area (Å²) in [6.07, 6.45) is 0.310. The average molecular weight is 287 g/mol. The van der Waals surface area contributed by atoms with Gasteiger partial charge in [0.15, 0.2) is 0 Å². The third-order valence-electron chi connectivity index (χ3n) is 2.67. The standard InChI is InChI=1S/C13H18N2O3.ClH/c1-15(9-10-5-3-2-4-6-10)12(16)8-7-11(14)13(17)18;/h2-6,11H,7-9,14H2,1H3,(H,17,18);1H/t11-;/m0./s1. The number of carbonyl (C=O) groups is 2. The number of nitrogens with two attached hydrogens (primary N) is 1. The van der Waals surface area contributed by atoms with Gasteiger partial charge in [0.25, 0.3) is 0 Å². The molecule has 1 aromatic rings. The maximum atomic E-state index is 11.8. The molecule has 5 nitrogen and oxygen atoms in total. The van der Waals surface area contributed by atoms with Gasteiger partial charge in [-0.15, -0.1) is 12.4 Å². The van der Waals surface area contributed by atoms with Gasteiger partial charge in [0.05, 0.1) is 0 Å². The minimum absolute atomic E-state index is 0. The van der Waals surface area contributed by atoms with Crippen LogP contribution in [-0.2, 0) is 16.1 Å². The van der Waals surface area contributed by atoms with Gasteiger partial charge in [0.1, 0.15) is 6.04 Å². The molecule has 0 fully saturated rings. The Bertz CT molecular complexity index is 412. The lowest BCUT2D eigenvalue weighted by Gasteiger charge is -2.17. The Morgan fingerprint density at radius 1 is 1.32 bits per heavy atom. The van der Waals surface area contributed by atoms with Crippen LogP contribution >= 0.6 is 12.4 Å². The van der Waals surface area contributed by atoms with Crippen LogP contribution in [0.25, 0.3) is 0 Å². The van der Waals surface area contributed by atoms with Crippen LogP contribution < -0.4 is 5.73 Å². The first kappa shape index (κ1) is 17.4. The minimum Gasteiger partial charge on any atom is -0.480 e. The Labute approximate surface area is 118 Å². The summed E-state index contributed by atoms with van der Waals surface area (Å²) in [7, 11) is 1.70. The highest BCUT2D eigenvalue weighted by atomic mass is 35.5. The van der Waals surface area contributed by atoms with Gasteiger partial charge in [0, 0.05) is 20.0 Å². The van der Waals surface area contributed by atoms with Crippen LogP contribution in [0.2, 0.25) is 0 Å². The number of nitrogens with zero attached hydrogens (tertiary/aromatic N) is 1. The van der Waals surface area contributed by atoms with Gasteiger partial charge in [-0.3, -0.25) is 9.59 Å². The largest absolute Gasteiger partial charge is 0.480 e. The highest BCUT2D eigenvalue weighted by Gasteiger charge is 2.15. The summed E-state index contributed by atoms with van der Waals surface area (Å²) >= 11 is 0. The Morgan fingerprint density at radius 2 is 1.89 bits per heavy atom. The Hall–Kier alpha value is -1.59. The molecular weight excluding hydrogens is 268 g/mol. The number of benzene rings is 1. The maximum absolute atomic E-state index is 11.8. The van der Waals surface area contributed by atoms with Crippen molar-refractivity contribution in [3.63, 3.8) is 0 Å². The van der Waals surface area contributed by atoms with E-state index in [1.807, 2.05) is 30.3 Å². The second kappa shape index (κ2) is 8.50. The lowest BCUT2D eigenvalue weighted by atomic mass is 10.1. The fourth-order valence-electron chi connectivity index (χ4n) is 1.54. The molecule has 6 heteroatoms. The first-order chi connectivity index (χ1) is 8.50. The third-order valence-corrected chi connectivity index (χ3v) is 2.67. The second-order valence-corrected chi connectivity index (χ2v) is 4.22. The van der Waals surface area contributed by atoms with Crippen molar-refractivity contribution < 1.29 is 14.7 Å². The zero-order chi connectivity index (χ0) is 13.5. The van der Waals surface area contributed by atoms with Crippen molar-refractivity contribution in [1.82, 2.24) is 4.90 Å². The van der Waals surface area contributed by atoms with E-state index in [-0.39, 0.29) is 31.2 Å². The van der Waals surface area contributed by atoms with Gasteiger partial charge in [-0.05, 0) is 12.0 Å². The molecule has 1 atom stereocenters. The quantitative estimate of drug-likeness (QED) is 0.824. The highest BCUT2D eigenvalue weighted by molar-refractivity contribution is 5.85. The number of carboxylic acids is 1. The Morgan fingerprint density at radius 3 is 2.42 bits per heavy atom. The molecule has 0 aliphatic carbocycles. The molecule has 0 aliphatic rings. The molecule has 0 unspecified atom stereocenters. The minimum atomic E-state index is -1.08. The van der Waals surface area contributed by atoms with Crippen LogP contribution in [0.1, 0.15) is 18.4 Å². The molecule has 0 aliphatic heterocycles. The first-order valence-corrected chi connectivity index (χ1v) is 5.77. The molecule has 1 aromatic carbocycles. The van der Waals surface area contributed by atoms with Crippen LogP contribution in [-0.4, -0.2) is 35.0 Å². The van der Waals surface area contributed by atoms with Crippen LogP contribution in [0, 0.1) is 0 Å². The highest BCUT2D eigenvalue weighted by Crippen LogP contribution is 2.05.